The van der Waals surface area contributed by atoms with Gasteiger partial charge in [0.05, 0.1) is 35.5 Å². The van der Waals surface area contributed by atoms with Crippen molar-refractivity contribution < 1.29 is 38.9 Å². The van der Waals surface area contributed by atoms with Crippen LogP contribution in [0.1, 0.15) is 235 Å². The fourth-order valence-corrected chi connectivity index (χ4v) is 17.0. The van der Waals surface area contributed by atoms with Crippen LogP contribution in [0.2, 0.25) is 0 Å². The number of aliphatic carboxylic acids is 1. The second kappa shape index (κ2) is 29.1. The van der Waals surface area contributed by atoms with Gasteiger partial charge in [-0.1, -0.05) is 68.4 Å². The highest BCUT2D eigenvalue weighted by atomic mass is 16.5. The van der Waals surface area contributed by atoms with Crippen molar-refractivity contribution in [3.05, 3.63) is 95.9 Å². The summed E-state index contributed by atoms with van der Waals surface area (Å²) in [6.45, 7) is 21.0. The van der Waals surface area contributed by atoms with E-state index >= 15 is 0 Å². The van der Waals surface area contributed by atoms with Gasteiger partial charge in [-0.15, -0.1) is 0 Å². The number of aromatic carboxylic acids is 1. The van der Waals surface area contributed by atoms with Gasteiger partial charge in [0.15, 0.2) is 0 Å². The molecule has 3 aliphatic carbocycles. The van der Waals surface area contributed by atoms with E-state index < -0.39 is 11.9 Å². The van der Waals surface area contributed by atoms with E-state index in [1.165, 1.54) is 58.5 Å². The number of pyridine rings is 1. The highest BCUT2D eigenvalue weighted by Gasteiger charge is 2.45. The third-order valence-electron chi connectivity index (χ3n) is 22.8. The molecular weight excluding hydrogens is 1190 g/mol. The number of nitrogens with one attached hydrogen (secondary N) is 3. The van der Waals surface area contributed by atoms with Crippen LogP contribution in [0.3, 0.4) is 0 Å². The van der Waals surface area contributed by atoms with Gasteiger partial charge in [-0.05, 0) is 235 Å². The molecule has 7 heterocycles. The van der Waals surface area contributed by atoms with Crippen molar-refractivity contribution in [1.82, 2.24) is 34.7 Å². The van der Waals surface area contributed by atoms with E-state index in [2.05, 4.69) is 104 Å². The average molecular weight is 1300 g/mol. The van der Waals surface area contributed by atoms with Crippen molar-refractivity contribution in [2.45, 2.75) is 246 Å². The lowest BCUT2D eigenvalue weighted by molar-refractivity contribution is -0.149. The van der Waals surface area contributed by atoms with E-state index in [0.29, 0.717) is 83.1 Å². The molecule has 5 N–H and O–H groups in total. The number of hydrogen-bond donors (Lipinski definition) is 5. The first-order valence-corrected chi connectivity index (χ1v) is 35.7. The van der Waals surface area contributed by atoms with E-state index in [1.54, 1.807) is 24.4 Å². The Labute approximate surface area is 561 Å². The second-order valence-electron chi connectivity index (χ2n) is 32.1. The van der Waals surface area contributed by atoms with E-state index in [9.17, 15) is 29.1 Å². The quantitative estimate of drug-likeness (QED) is 0.0758. The molecule has 7 fully saturated rings. The molecule has 0 radical (unpaired) electrons. The molecule has 510 valence electrons. The van der Waals surface area contributed by atoms with Crippen molar-refractivity contribution in [3.63, 3.8) is 0 Å². The van der Waals surface area contributed by atoms with Gasteiger partial charge in [0.2, 0.25) is 11.9 Å². The summed E-state index contributed by atoms with van der Waals surface area (Å²) < 4.78 is 5.00. The van der Waals surface area contributed by atoms with Gasteiger partial charge >= 0.3 is 17.9 Å². The van der Waals surface area contributed by atoms with Gasteiger partial charge in [-0.2, -0.15) is 0 Å². The third-order valence-corrected chi connectivity index (χ3v) is 22.8. The highest BCUT2D eigenvalue weighted by molar-refractivity contribution is 6.00. The largest absolute Gasteiger partial charge is 0.481 e. The number of ether oxygens (including phenoxy) is 1. The van der Waals surface area contributed by atoms with Crippen LogP contribution in [0.25, 0.3) is 32.6 Å². The molecule has 2 amide bonds. The normalized spacial score (nSPS) is 27.0. The molecule has 4 atom stereocenters. The van der Waals surface area contributed by atoms with Gasteiger partial charge in [0.1, 0.15) is 5.82 Å². The zero-order chi connectivity index (χ0) is 67.5. The first kappa shape index (κ1) is 68.9. The molecule has 4 bridgehead atoms. The van der Waals surface area contributed by atoms with Crippen molar-refractivity contribution in [3.8, 4) is 0 Å². The number of methoxy groups -OCH3 is 1. The maximum atomic E-state index is 13.6. The fraction of sp³-hybridized carbons (Fsp3) is 0.610. The number of benzene rings is 3. The van der Waals surface area contributed by atoms with Gasteiger partial charge in [-0.25, -0.2) is 29.7 Å². The number of carboxylic acid groups (broad SMARTS) is 2. The molecule has 6 aromatic rings. The maximum Gasteiger partial charge on any atom is 0.335 e. The number of anilines is 3. The molecule has 18 heteroatoms. The number of nitrogens with zero attached hydrogens (tertiary/aromatic N) is 7. The van der Waals surface area contributed by atoms with E-state index in [1.807, 2.05) is 58.6 Å². The minimum atomic E-state index is -0.935. The first-order chi connectivity index (χ1) is 45.2. The summed E-state index contributed by atoms with van der Waals surface area (Å²) in [4.78, 5) is 88.7. The summed E-state index contributed by atoms with van der Waals surface area (Å²) in [5.74, 6) is 2.38. The SMILES string of the molecule is CC(C)(C)C1CCC(Nc2cc3ccc(C(=O)N4C5CCCC4CC(C(=O)O)C5)cc3cn2)CC1.CC(C)(C)C1CCC(Nc2ncc3cc(C(=O)O)ccc3n2)CC1.COC(=O)C1CC2CCCC(C1)N2C(=O)c1ccc2nc(NC3CCC(C(C)(C)C)CC3)ncc2c1. The lowest BCUT2D eigenvalue weighted by atomic mass is 9.71. The number of esters is 1. The Bertz CT molecular complexity index is 3690. The zero-order valence-electron chi connectivity index (χ0n) is 58.0. The molecule has 95 heavy (non-hydrogen) atoms. The molecule has 4 unspecified atom stereocenters. The molecule has 4 saturated heterocycles. The molecular formula is C77H104N10O8. The van der Waals surface area contributed by atoms with Crippen molar-refractivity contribution in [1.29, 1.82) is 0 Å². The molecule has 0 spiro atoms. The average Bonchev–Trinajstić information content (AvgIpc) is 0.784. The maximum absolute atomic E-state index is 13.6. The topological polar surface area (TPSA) is 242 Å². The van der Waals surface area contributed by atoms with Gasteiger partial charge in [0.25, 0.3) is 11.8 Å². The van der Waals surface area contributed by atoms with Gasteiger partial charge in [-0.3, -0.25) is 19.2 Å². The second-order valence-corrected chi connectivity index (χ2v) is 32.1. The molecule has 3 saturated carbocycles. The van der Waals surface area contributed by atoms with Crippen LogP contribution in [-0.2, 0) is 14.3 Å². The van der Waals surface area contributed by atoms with Crippen molar-refractivity contribution in [2.24, 2.45) is 45.8 Å². The standard InChI is InChI=1S/C29H40N4O3.C29H39N3O3.C19H25N3O2/c1-29(2,3)21-9-11-22(12-10-21)31-28-30-17-20-14-18(8-13-25(20)32-28)26(34)33-23-6-5-7-24(33)16-19(15-23)27(35)36-4;1-29(2,3)22-9-11-23(12-10-22)31-26-16-18-7-8-19(13-21(18)17-30-26)27(33)32-24-5-4-6-25(32)15-20(14-24)28(34)35;1-19(2,3)14-5-7-15(8-6-14)21-18-20-11-13-10-12(17(23)24)4-9-16(13)22-18/h8,13-14,17,19,21-24H,5-7,9-12,15-16H2,1-4H3,(H,30,31,32);7-8,13,16-17,20,22-25H,4-6,9-12,14-15H2,1-3H3,(H,30,31)(H,34,35);4,9-11,14-15H,5-8H2,1-3H3,(H,23,24)(H,20,21,22). The highest BCUT2D eigenvalue weighted by Crippen LogP contribution is 2.44. The van der Waals surface area contributed by atoms with Gasteiger partial charge < -0.3 is 40.7 Å². The number of aromatic nitrogens is 5. The van der Waals surface area contributed by atoms with Crippen LogP contribution in [0.5, 0.6) is 0 Å². The Hall–Kier alpha value is -7.50. The molecule has 3 aromatic carbocycles. The number of piperidine rings is 4. The van der Waals surface area contributed by atoms with Crippen molar-refractivity contribution >= 4 is 80.0 Å². The molecule has 13 rings (SSSR count). The Morgan fingerprint density at radius 3 is 1.23 bits per heavy atom. The Morgan fingerprint density at radius 2 is 0.821 bits per heavy atom. The number of rotatable bonds is 11. The van der Waals surface area contributed by atoms with Crippen LogP contribution < -0.4 is 16.0 Å². The smallest absolute Gasteiger partial charge is 0.335 e. The molecule has 18 nitrogen and oxygen atoms in total. The van der Waals surface area contributed by atoms with Crippen LogP contribution in [0.15, 0.2) is 79.3 Å². The van der Waals surface area contributed by atoms with E-state index in [-0.39, 0.29) is 59.4 Å². The third kappa shape index (κ3) is 16.7. The summed E-state index contributed by atoms with van der Waals surface area (Å²) in [7, 11) is 1.45. The number of carboxylic acids is 2. The Kier molecular flexibility index (Phi) is 21.1. The Balaban J connectivity index is 0.000000148. The van der Waals surface area contributed by atoms with Crippen molar-refractivity contribution in [2.75, 3.05) is 23.1 Å². The summed E-state index contributed by atoms with van der Waals surface area (Å²) in [6, 6.07) is 20.2. The minimum absolute atomic E-state index is 0.0308. The minimum Gasteiger partial charge on any atom is -0.481 e. The van der Waals surface area contributed by atoms with Crippen LogP contribution in [0.4, 0.5) is 17.7 Å². The number of hydrogen-bond acceptors (Lipinski definition) is 14. The van der Waals surface area contributed by atoms with Crippen LogP contribution >= 0.6 is 0 Å². The van der Waals surface area contributed by atoms with Crippen LogP contribution in [0, 0.1) is 45.8 Å². The number of fused-ring (bicyclic) bond motifs is 7. The fourth-order valence-electron chi connectivity index (χ4n) is 17.0. The summed E-state index contributed by atoms with van der Waals surface area (Å²) in [5.41, 5.74) is 4.34. The molecule has 4 aliphatic heterocycles. The summed E-state index contributed by atoms with van der Waals surface area (Å²) in [5, 5.41) is 32.8. The number of carbonyl (C=O) groups excluding carboxylic acids is 3. The monoisotopic (exact) mass is 1300 g/mol. The van der Waals surface area contributed by atoms with Gasteiger partial charge in [0, 0.05) is 88.2 Å². The zero-order valence-corrected chi connectivity index (χ0v) is 58.0. The molecule has 3 aromatic heterocycles. The predicted molar refractivity (Wildman–Crippen MR) is 375 cm³/mol. The lowest BCUT2D eigenvalue weighted by Crippen LogP contribution is -2.55. The number of carbonyl (C=O) groups is 5. The van der Waals surface area contributed by atoms with Crippen LogP contribution in [-0.4, -0.2) is 124 Å². The summed E-state index contributed by atoms with van der Waals surface area (Å²) >= 11 is 0. The first-order valence-electron chi connectivity index (χ1n) is 35.7. The number of amides is 2. The predicted octanol–water partition coefficient (Wildman–Crippen LogP) is 16.0. The summed E-state index contributed by atoms with van der Waals surface area (Å²) in [6.07, 6.45) is 28.1. The Morgan fingerprint density at radius 1 is 0.442 bits per heavy atom. The van der Waals surface area contributed by atoms with E-state index in [4.69, 9.17) is 14.8 Å². The van der Waals surface area contributed by atoms with E-state index in [0.717, 1.165) is 120 Å². The molecule has 7 aliphatic rings. The lowest BCUT2D eigenvalue weighted by Gasteiger charge is -2.48.